The number of fused-ring (bicyclic) bond motifs is 1. The lowest BCUT2D eigenvalue weighted by molar-refractivity contribution is 0.267. The second-order valence-corrected chi connectivity index (χ2v) is 11.7. The zero-order valence-electron chi connectivity index (χ0n) is 25.2. The van der Waals surface area contributed by atoms with Crippen molar-refractivity contribution >= 4 is 39.7 Å². The number of hydrogen-bond donors (Lipinski definition) is 0. The monoisotopic (exact) mass is 705 g/mol. The molecule has 7 nitrogen and oxygen atoms in total. The van der Waals surface area contributed by atoms with Gasteiger partial charge in [-0.1, -0.05) is 38.1 Å². The molecule has 226 valence electrons. The van der Waals surface area contributed by atoms with Crippen LogP contribution in [-0.4, -0.2) is 29.6 Å². The summed E-state index contributed by atoms with van der Waals surface area (Å²) < 4.78 is 33.2. The number of nitrogens with zero attached hydrogens (tertiary/aromatic N) is 3. The highest BCUT2D eigenvalue weighted by atomic mass is 127. The highest BCUT2D eigenvalue weighted by molar-refractivity contribution is 14.1. The van der Waals surface area contributed by atoms with Gasteiger partial charge in [0.15, 0.2) is 17.3 Å². The molecule has 0 radical (unpaired) electrons. The molecule has 4 aromatic carbocycles. The number of aromatic nitrogens is 2. The minimum absolute atomic E-state index is 0.191. The first-order chi connectivity index (χ1) is 21.2. The molecule has 0 aliphatic rings. The summed E-state index contributed by atoms with van der Waals surface area (Å²) in [5.74, 6) is 2.24. The van der Waals surface area contributed by atoms with Crippen LogP contribution in [0.5, 0.6) is 17.2 Å². The van der Waals surface area contributed by atoms with E-state index in [0.717, 1.165) is 31.6 Å². The summed E-state index contributed by atoms with van der Waals surface area (Å²) in [6.07, 6.45) is 1.62. The van der Waals surface area contributed by atoms with E-state index in [-0.39, 0.29) is 23.9 Å². The molecule has 0 amide bonds. The van der Waals surface area contributed by atoms with E-state index in [1.54, 1.807) is 31.5 Å². The quantitative estimate of drug-likeness (QED) is 0.109. The van der Waals surface area contributed by atoms with Crippen molar-refractivity contribution in [3.05, 3.63) is 115 Å². The maximum absolute atomic E-state index is 13.8. The van der Waals surface area contributed by atoms with Gasteiger partial charge in [0.1, 0.15) is 18.2 Å². The molecule has 0 saturated carbocycles. The Morgan fingerprint density at radius 1 is 1.02 bits per heavy atom. The predicted molar refractivity (Wildman–Crippen MR) is 181 cm³/mol. The number of rotatable bonds is 10. The van der Waals surface area contributed by atoms with Crippen molar-refractivity contribution in [2.45, 2.75) is 40.2 Å². The normalized spacial score (nSPS) is 11.5. The zero-order valence-corrected chi connectivity index (χ0v) is 27.4. The standard InChI is InChI=1S/C35H33FIN3O4/c1-6-43-32-17-24(16-29(37)33(32)44-20-23-11-13-25(36)14-12-23)19-38-40-34(39-30-10-8-7-9-26(30)35(40)41)28-18-27(21(2)3)31(42-5)15-22(28)4/h7-19,21H,6,20H2,1-5H3. The van der Waals surface area contributed by atoms with E-state index in [1.807, 2.05) is 56.3 Å². The van der Waals surface area contributed by atoms with Gasteiger partial charge >= 0.3 is 0 Å². The molecule has 9 heteroatoms. The summed E-state index contributed by atoms with van der Waals surface area (Å²) in [4.78, 5) is 18.8. The summed E-state index contributed by atoms with van der Waals surface area (Å²) in [7, 11) is 1.66. The largest absolute Gasteiger partial charge is 0.496 e. The lowest BCUT2D eigenvalue weighted by atomic mass is 9.96. The van der Waals surface area contributed by atoms with Gasteiger partial charge in [0, 0.05) is 5.56 Å². The maximum atomic E-state index is 13.8. The van der Waals surface area contributed by atoms with Crippen molar-refractivity contribution in [2.75, 3.05) is 13.7 Å². The highest BCUT2D eigenvalue weighted by Gasteiger charge is 2.19. The van der Waals surface area contributed by atoms with Crippen LogP contribution in [0, 0.1) is 16.3 Å². The molecule has 0 aliphatic heterocycles. The molecule has 5 rings (SSSR count). The summed E-state index contributed by atoms with van der Waals surface area (Å²) >= 11 is 2.19. The number of hydrogen-bond acceptors (Lipinski definition) is 6. The third-order valence-electron chi connectivity index (χ3n) is 7.14. The number of methoxy groups -OCH3 is 1. The third-order valence-corrected chi connectivity index (χ3v) is 7.95. The van der Waals surface area contributed by atoms with E-state index >= 15 is 0 Å². The molecule has 0 aliphatic carbocycles. The van der Waals surface area contributed by atoms with Crippen LogP contribution in [-0.2, 0) is 6.61 Å². The topological polar surface area (TPSA) is 74.9 Å². The summed E-state index contributed by atoms with van der Waals surface area (Å²) in [5, 5.41) is 5.15. The maximum Gasteiger partial charge on any atom is 0.282 e. The second kappa shape index (κ2) is 13.6. The fourth-order valence-electron chi connectivity index (χ4n) is 4.90. The van der Waals surface area contributed by atoms with Crippen LogP contribution in [0.1, 0.15) is 48.9 Å². The molecule has 0 N–H and O–H groups in total. The Morgan fingerprint density at radius 2 is 1.77 bits per heavy atom. The molecular formula is C35H33FIN3O4. The number of halogens is 2. The first-order valence-corrected chi connectivity index (χ1v) is 15.4. The number of ether oxygens (including phenoxy) is 3. The molecule has 1 heterocycles. The number of para-hydroxylation sites is 1. The van der Waals surface area contributed by atoms with Crippen LogP contribution >= 0.6 is 22.6 Å². The Balaban J connectivity index is 1.59. The van der Waals surface area contributed by atoms with Crippen molar-refractivity contribution in [1.29, 1.82) is 0 Å². The minimum Gasteiger partial charge on any atom is -0.496 e. The van der Waals surface area contributed by atoms with Crippen LogP contribution in [0.25, 0.3) is 22.3 Å². The number of aryl methyl sites for hydroxylation is 1. The third kappa shape index (κ3) is 6.62. The first-order valence-electron chi connectivity index (χ1n) is 14.3. The van der Waals surface area contributed by atoms with Crippen LogP contribution in [0.2, 0.25) is 0 Å². The van der Waals surface area contributed by atoms with E-state index < -0.39 is 0 Å². The van der Waals surface area contributed by atoms with Gasteiger partial charge in [-0.15, -0.1) is 0 Å². The van der Waals surface area contributed by atoms with Gasteiger partial charge in [-0.25, -0.2) is 9.37 Å². The molecule has 1 aromatic heterocycles. The molecule has 0 fully saturated rings. The highest BCUT2D eigenvalue weighted by Crippen LogP contribution is 2.36. The minimum atomic E-state index is -0.298. The lowest BCUT2D eigenvalue weighted by Crippen LogP contribution is -2.21. The Kier molecular flexibility index (Phi) is 9.63. The lowest BCUT2D eigenvalue weighted by Gasteiger charge is -2.17. The Hall–Kier alpha value is -4.25. The summed E-state index contributed by atoms with van der Waals surface area (Å²) in [6, 6.07) is 21.2. The van der Waals surface area contributed by atoms with E-state index in [1.165, 1.54) is 16.8 Å². The van der Waals surface area contributed by atoms with Gasteiger partial charge < -0.3 is 14.2 Å². The Bertz CT molecular complexity index is 1900. The van der Waals surface area contributed by atoms with Crippen molar-refractivity contribution in [3.8, 4) is 28.6 Å². The molecule has 0 saturated heterocycles. The van der Waals surface area contributed by atoms with Gasteiger partial charge in [0.25, 0.3) is 5.56 Å². The molecule has 0 spiro atoms. The van der Waals surface area contributed by atoms with Crippen LogP contribution in [0.15, 0.2) is 82.7 Å². The van der Waals surface area contributed by atoms with Gasteiger partial charge in [0.05, 0.1) is 34.4 Å². The van der Waals surface area contributed by atoms with Crippen LogP contribution < -0.4 is 19.8 Å². The summed E-state index contributed by atoms with van der Waals surface area (Å²) in [5.41, 5.74) is 4.58. The zero-order chi connectivity index (χ0) is 31.4. The molecule has 0 unspecified atom stereocenters. The number of benzene rings is 4. The first kappa shape index (κ1) is 31.2. The van der Waals surface area contributed by atoms with Gasteiger partial charge in [-0.2, -0.15) is 9.78 Å². The second-order valence-electron chi connectivity index (χ2n) is 10.6. The summed E-state index contributed by atoms with van der Waals surface area (Å²) in [6.45, 7) is 8.74. The van der Waals surface area contributed by atoms with E-state index in [2.05, 4.69) is 41.5 Å². The van der Waals surface area contributed by atoms with Crippen molar-refractivity contribution in [1.82, 2.24) is 9.66 Å². The molecule has 5 aromatic rings. The fourth-order valence-corrected chi connectivity index (χ4v) is 5.68. The molecule has 44 heavy (non-hydrogen) atoms. The fraction of sp³-hybridized carbons (Fsp3) is 0.229. The Labute approximate surface area is 269 Å². The van der Waals surface area contributed by atoms with Crippen LogP contribution in [0.4, 0.5) is 4.39 Å². The molecule has 0 atom stereocenters. The van der Waals surface area contributed by atoms with Gasteiger partial charge in [-0.05, 0) is 113 Å². The van der Waals surface area contributed by atoms with Gasteiger partial charge in [-0.3, -0.25) is 4.79 Å². The average molecular weight is 706 g/mol. The Morgan fingerprint density at radius 3 is 2.48 bits per heavy atom. The average Bonchev–Trinajstić information content (AvgIpc) is 3.01. The van der Waals surface area contributed by atoms with Crippen molar-refractivity contribution in [3.63, 3.8) is 0 Å². The molecular weight excluding hydrogens is 672 g/mol. The SMILES string of the molecule is CCOc1cc(C=Nn2c(-c3cc(C(C)C)c(OC)cc3C)nc3ccccc3c2=O)cc(I)c1OCc1ccc(F)cc1. The van der Waals surface area contributed by atoms with Crippen LogP contribution in [0.3, 0.4) is 0 Å². The van der Waals surface area contributed by atoms with E-state index in [0.29, 0.717) is 40.4 Å². The van der Waals surface area contributed by atoms with Crippen molar-refractivity contribution < 1.29 is 18.6 Å². The van der Waals surface area contributed by atoms with E-state index in [9.17, 15) is 9.18 Å². The van der Waals surface area contributed by atoms with Crippen molar-refractivity contribution in [2.24, 2.45) is 5.10 Å². The van der Waals surface area contributed by atoms with Gasteiger partial charge in [0.2, 0.25) is 0 Å². The van der Waals surface area contributed by atoms with E-state index in [4.69, 9.17) is 19.2 Å². The smallest absolute Gasteiger partial charge is 0.282 e. The predicted octanol–water partition coefficient (Wildman–Crippen LogP) is 8.11. The molecule has 0 bridgehead atoms.